The Labute approximate surface area is 114 Å². The monoisotopic (exact) mass is 252 g/mol. The summed E-state index contributed by atoms with van der Waals surface area (Å²) in [5.41, 5.74) is 5.56. The summed E-state index contributed by atoms with van der Waals surface area (Å²) in [5.74, 6) is 0. The van der Waals surface area contributed by atoms with Crippen molar-refractivity contribution in [1.29, 1.82) is 0 Å². The minimum atomic E-state index is 0.701. The summed E-state index contributed by atoms with van der Waals surface area (Å²) in [5, 5.41) is 1.37. The summed E-state index contributed by atoms with van der Waals surface area (Å²) >= 11 is 0. The third-order valence-electron chi connectivity index (χ3n) is 4.74. The molecule has 1 unspecified atom stereocenters. The van der Waals surface area contributed by atoms with Gasteiger partial charge in [-0.05, 0) is 61.6 Å². The highest BCUT2D eigenvalue weighted by molar-refractivity contribution is 5.87. The van der Waals surface area contributed by atoms with Crippen LogP contribution in [0.3, 0.4) is 0 Å². The van der Waals surface area contributed by atoms with Crippen LogP contribution in [0.2, 0.25) is 0 Å². The second kappa shape index (κ2) is 4.24. The van der Waals surface area contributed by atoms with Crippen molar-refractivity contribution in [2.75, 3.05) is 13.1 Å². The number of rotatable bonds is 1. The van der Waals surface area contributed by atoms with Crippen molar-refractivity contribution in [3.05, 3.63) is 41.6 Å². The van der Waals surface area contributed by atoms with Gasteiger partial charge in [-0.2, -0.15) is 0 Å². The molecule has 4 rings (SSSR count). The molecule has 2 aliphatic rings. The van der Waals surface area contributed by atoms with Gasteiger partial charge in [-0.1, -0.05) is 12.1 Å². The highest BCUT2D eigenvalue weighted by Crippen LogP contribution is 2.32. The number of aromatic amines is 1. The number of H-pyrrole nitrogens is 1. The molecule has 1 aromatic heterocycles. The maximum Gasteiger partial charge on any atom is 0.0457 e. The van der Waals surface area contributed by atoms with Gasteiger partial charge in [0.2, 0.25) is 0 Å². The van der Waals surface area contributed by atoms with E-state index < -0.39 is 0 Å². The molecule has 0 bridgehead atoms. The molecule has 0 spiro atoms. The number of aryl methyl sites for hydroxylation is 1. The lowest BCUT2D eigenvalue weighted by atomic mass is 9.95. The van der Waals surface area contributed by atoms with Gasteiger partial charge in [-0.15, -0.1) is 0 Å². The van der Waals surface area contributed by atoms with Gasteiger partial charge in [0.15, 0.2) is 0 Å². The van der Waals surface area contributed by atoms with Gasteiger partial charge < -0.3 is 4.98 Å². The average molecular weight is 252 g/mol. The van der Waals surface area contributed by atoms with E-state index in [0.29, 0.717) is 6.04 Å². The fraction of sp³-hybridized carbons (Fsp3) is 0.412. The number of nitrogens with one attached hydrogen (secondary N) is 1. The van der Waals surface area contributed by atoms with Crippen LogP contribution in [0.4, 0.5) is 0 Å². The third kappa shape index (κ3) is 1.82. The number of aromatic nitrogens is 1. The van der Waals surface area contributed by atoms with E-state index in [1.165, 1.54) is 54.4 Å². The zero-order valence-electron chi connectivity index (χ0n) is 11.4. The number of benzene rings is 1. The minimum Gasteiger partial charge on any atom is -0.361 e. The standard InChI is InChI=1S/C17H20N2/c1-12-11-18-17-5-4-13(10-16(12)17)14-6-8-19-7-2-3-15(19)9-14/h4-5,9-11,15,18H,2-3,6-8H2,1H3. The molecule has 1 atom stereocenters. The lowest BCUT2D eigenvalue weighted by Crippen LogP contribution is -2.32. The van der Waals surface area contributed by atoms with Crippen molar-refractivity contribution in [1.82, 2.24) is 9.88 Å². The molecule has 0 aliphatic carbocycles. The SMILES string of the molecule is Cc1c[nH]c2ccc(C3=CC4CCCN4CC3)cc12. The molecule has 0 saturated carbocycles. The highest BCUT2D eigenvalue weighted by atomic mass is 15.2. The Kier molecular flexibility index (Phi) is 2.52. The minimum absolute atomic E-state index is 0.701. The van der Waals surface area contributed by atoms with E-state index in [1.54, 1.807) is 5.57 Å². The molecule has 0 amide bonds. The third-order valence-corrected chi connectivity index (χ3v) is 4.74. The molecule has 3 heterocycles. The lowest BCUT2D eigenvalue weighted by molar-refractivity contribution is 0.288. The predicted octanol–water partition coefficient (Wildman–Crippen LogP) is 3.73. The summed E-state index contributed by atoms with van der Waals surface area (Å²) in [7, 11) is 0. The van der Waals surface area contributed by atoms with Gasteiger partial charge >= 0.3 is 0 Å². The fourth-order valence-electron chi connectivity index (χ4n) is 3.60. The summed E-state index contributed by atoms with van der Waals surface area (Å²) in [6.07, 6.45) is 8.52. The van der Waals surface area contributed by atoms with Crippen molar-refractivity contribution in [2.24, 2.45) is 0 Å². The quantitative estimate of drug-likeness (QED) is 0.819. The summed E-state index contributed by atoms with van der Waals surface area (Å²) in [6, 6.07) is 7.55. The van der Waals surface area contributed by atoms with Crippen LogP contribution in [0.15, 0.2) is 30.5 Å². The first-order valence-corrected chi connectivity index (χ1v) is 7.34. The summed E-state index contributed by atoms with van der Waals surface area (Å²) in [6.45, 7) is 4.71. The summed E-state index contributed by atoms with van der Waals surface area (Å²) in [4.78, 5) is 5.96. The maximum atomic E-state index is 3.33. The fourth-order valence-corrected chi connectivity index (χ4v) is 3.60. The summed E-state index contributed by atoms with van der Waals surface area (Å²) < 4.78 is 0. The van der Waals surface area contributed by atoms with Crippen molar-refractivity contribution in [2.45, 2.75) is 32.2 Å². The average Bonchev–Trinajstić information content (AvgIpc) is 3.05. The molecular formula is C17H20N2. The van der Waals surface area contributed by atoms with Gasteiger partial charge in [0.25, 0.3) is 0 Å². The molecule has 2 aromatic rings. The van der Waals surface area contributed by atoms with Crippen LogP contribution in [-0.2, 0) is 0 Å². The molecule has 1 N–H and O–H groups in total. The number of fused-ring (bicyclic) bond motifs is 2. The van der Waals surface area contributed by atoms with E-state index in [-0.39, 0.29) is 0 Å². The largest absolute Gasteiger partial charge is 0.361 e. The van der Waals surface area contributed by atoms with Gasteiger partial charge in [0.05, 0.1) is 0 Å². The molecular weight excluding hydrogens is 232 g/mol. The second-order valence-corrected chi connectivity index (χ2v) is 5.92. The van der Waals surface area contributed by atoms with E-state index in [4.69, 9.17) is 0 Å². The van der Waals surface area contributed by atoms with E-state index in [9.17, 15) is 0 Å². The zero-order chi connectivity index (χ0) is 12.8. The van der Waals surface area contributed by atoms with Crippen LogP contribution in [0.5, 0.6) is 0 Å². The zero-order valence-corrected chi connectivity index (χ0v) is 11.4. The van der Waals surface area contributed by atoms with Gasteiger partial charge in [-0.3, -0.25) is 4.90 Å². The topological polar surface area (TPSA) is 19.0 Å². The van der Waals surface area contributed by atoms with Crippen LogP contribution in [0.25, 0.3) is 16.5 Å². The number of hydrogen-bond donors (Lipinski definition) is 1. The highest BCUT2D eigenvalue weighted by Gasteiger charge is 2.26. The Balaban J connectivity index is 1.75. The molecule has 2 nitrogen and oxygen atoms in total. The second-order valence-electron chi connectivity index (χ2n) is 5.92. The van der Waals surface area contributed by atoms with Crippen LogP contribution in [0.1, 0.15) is 30.4 Å². The van der Waals surface area contributed by atoms with Gasteiger partial charge in [-0.25, -0.2) is 0 Å². The van der Waals surface area contributed by atoms with Crippen LogP contribution >= 0.6 is 0 Å². The molecule has 0 radical (unpaired) electrons. The van der Waals surface area contributed by atoms with Crippen LogP contribution in [0, 0.1) is 6.92 Å². The van der Waals surface area contributed by atoms with E-state index in [2.05, 4.69) is 47.3 Å². The Morgan fingerprint density at radius 3 is 3.16 bits per heavy atom. The maximum absolute atomic E-state index is 3.33. The lowest BCUT2D eigenvalue weighted by Gasteiger charge is -2.28. The Hall–Kier alpha value is -1.54. The van der Waals surface area contributed by atoms with Gasteiger partial charge in [0.1, 0.15) is 0 Å². The Morgan fingerprint density at radius 2 is 2.21 bits per heavy atom. The van der Waals surface area contributed by atoms with Gasteiger partial charge in [0, 0.05) is 29.7 Å². The number of nitrogens with zero attached hydrogens (tertiary/aromatic N) is 1. The predicted molar refractivity (Wildman–Crippen MR) is 80.2 cm³/mol. The normalized spacial score (nSPS) is 23.6. The van der Waals surface area contributed by atoms with Crippen molar-refractivity contribution < 1.29 is 0 Å². The Bertz CT molecular complexity index is 650. The first-order chi connectivity index (χ1) is 9.31. The Morgan fingerprint density at radius 1 is 1.26 bits per heavy atom. The van der Waals surface area contributed by atoms with Crippen LogP contribution in [-0.4, -0.2) is 29.0 Å². The van der Waals surface area contributed by atoms with E-state index >= 15 is 0 Å². The molecule has 1 saturated heterocycles. The molecule has 2 aliphatic heterocycles. The van der Waals surface area contributed by atoms with E-state index in [1.807, 2.05) is 0 Å². The molecule has 98 valence electrons. The van der Waals surface area contributed by atoms with Crippen molar-refractivity contribution in [3.8, 4) is 0 Å². The van der Waals surface area contributed by atoms with Crippen LogP contribution < -0.4 is 0 Å². The number of hydrogen-bond acceptors (Lipinski definition) is 1. The molecule has 1 fully saturated rings. The van der Waals surface area contributed by atoms with E-state index in [0.717, 1.165) is 0 Å². The first-order valence-electron chi connectivity index (χ1n) is 7.34. The van der Waals surface area contributed by atoms with Crippen molar-refractivity contribution in [3.63, 3.8) is 0 Å². The molecule has 2 heteroatoms. The van der Waals surface area contributed by atoms with Crippen molar-refractivity contribution >= 4 is 16.5 Å². The molecule has 1 aromatic carbocycles. The smallest absolute Gasteiger partial charge is 0.0457 e. The molecule has 19 heavy (non-hydrogen) atoms. The first kappa shape index (κ1) is 11.3.